The van der Waals surface area contributed by atoms with Crippen molar-refractivity contribution in [3.05, 3.63) is 47.5 Å². The molecule has 1 fully saturated rings. The third-order valence-electron chi connectivity index (χ3n) is 3.99. The first-order valence-corrected chi connectivity index (χ1v) is 9.06. The first-order chi connectivity index (χ1) is 20.2. The molecule has 1 saturated heterocycles. The molecule has 0 amide bonds. The SMILES string of the molecule is [2H]C1OC([2H])C([2H])N(C([2H])([2H])C([2H])([2H])C([2H])([2H])Oc2cc3c(Nc4ccc(F)c(Cl)c4)ncnc3cc2OC([2H])([2H])[2H])C1[2H]. The summed E-state index contributed by atoms with van der Waals surface area (Å²) in [4.78, 5) is 8.32. The quantitative estimate of drug-likeness (QED) is 0.539. The number of fused-ring (bicyclic) bond motifs is 1. The average molecular weight is 460 g/mol. The van der Waals surface area contributed by atoms with Crippen LogP contribution in [-0.2, 0) is 4.74 Å². The number of methoxy groups -OCH3 is 1. The van der Waals surface area contributed by atoms with E-state index in [1.54, 1.807) is 0 Å². The first-order valence-electron chi connectivity index (χ1n) is 15.5. The standard InChI is InChI=1S/C22H24ClFN4O3/c1-29-20-13-19-16(12-21(20)31-8-2-5-28-6-9-30-10-7-28)22(26-14-25-19)27-15-3-4-18(24)17(23)11-15/h3-4,11-14H,2,5-10H2,1H3,(H,25,26,27)/i1D3,2D2,5D2,6D,7D,8D2,9D,10D. The second-order valence-corrected chi connectivity index (χ2v) is 6.36. The molecule has 1 aliphatic rings. The van der Waals surface area contributed by atoms with E-state index < -0.39 is 70.0 Å². The van der Waals surface area contributed by atoms with Gasteiger partial charge in [0.2, 0.25) is 0 Å². The third kappa shape index (κ3) is 5.33. The minimum atomic E-state index is -3.75. The summed E-state index contributed by atoms with van der Waals surface area (Å²) in [6, 6.07) is 5.72. The number of ether oxygens (including phenoxy) is 3. The Bertz CT molecular complexity index is 1520. The molecule has 0 bridgehead atoms. The second-order valence-electron chi connectivity index (χ2n) is 5.95. The van der Waals surface area contributed by atoms with Crippen LogP contribution in [-0.4, -0.2) is 61.2 Å². The predicted octanol–water partition coefficient (Wildman–Crippen LogP) is 4.28. The topological polar surface area (TPSA) is 68.7 Å². The summed E-state index contributed by atoms with van der Waals surface area (Å²) >= 11 is 5.85. The zero-order valence-corrected chi connectivity index (χ0v) is 16.4. The lowest BCUT2D eigenvalue weighted by Crippen LogP contribution is -2.37. The Labute approximate surface area is 203 Å². The van der Waals surface area contributed by atoms with Crippen LogP contribution in [0.25, 0.3) is 10.9 Å². The predicted molar refractivity (Wildman–Crippen MR) is 118 cm³/mol. The van der Waals surface area contributed by atoms with Crippen molar-refractivity contribution < 1.29 is 36.4 Å². The van der Waals surface area contributed by atoms with Crippen LogP contribution >= 0.6 is 11.6 Å². The van der Waals surface area contributed by atoms with Crippen molar-refractivity contribution in [2.45, 2.75) is 6.37 Å². The molecule has 1 aromatic heterocycles. The van der Waals surface area contributed by atoms with Gasteiger partial charge in [-0.25, -0.2) is 14.4 Å². The monoisotopic (exact) mass is 459 g/mol. The molecule has 1 aliphatic heterocycles. The Morgan fingerprint density at radius 2 is 2.16 bits per heavy atom. The van der Waals surface area contributed by atoms with Crippen molar-refractivity contribution in [1.29, 1.82) is 0 Å². The van der Waals surface area contributed by atoms with Crippen LogP contribution in [0.5, 0.6) is 11.5 Å². The van der Waals surface area contributed by atoms with Gasteiger partial charge in [-0.3, -0.25) is 4.90 Å². The highest BCUT2D eigenvalue weighted by atomic mass is 35.5. The molecule has 7 nitrogen and oxygen atoms in total. The minimum Gasteiger partial charge on any atom is -0.493 e. The summed E-state index contributed by atoms with van der Waals surface area (Å²) in [6.07, 6.45) is -2.65. The van der Waals surface area contributed by atoms with E-state index in [1.807, 2.05) is 0 Å². The molecule has 0 saturated carbocycles. The van der Waals surface area contributed by atoms with Gasteiger partial charge < -0.3 is 19.5 Å². The lowest BCUT2D eigenvalue weighted by atomic mass is 10.2. The van der Waals surface area contributed by atoms with Crippen LogP contribution in [0.3, 0.4) is 0 Å². The number of aromatic nitrogens is 2. The molecular weight excluding hydrogens is 423 g/mol. The molecule has 2 aromatic carbocycles. The van der Waals surface area contributed by atoms with Crippen LogP contribution in [0, 0.1) is 5.82 Å². The van der Waals surface area contributed by atoms with Gasteiger partial charge in [0.15, 0.2) is 11.5 Å². The van der Waals surface area contributed by atoms with E-state index in [-0.39, 0.29) is 32.3 Å². The van der Waals surface area contributed by atoms with Gasteiger partial charge in [-0.05, 0) is 30.6 Å². The Balaban J connectivity index is 1.79. The molecule has 31 heavy (non-hydrogen) atoms. The van der Waals surface area contributed by atoms with Gasteiger partial charge in [0, 0.05) is 44.9 Å². The number of hydrogen-bond acceptors (Lipinski definition) is 7. The van der Waals surface area contributed by atoms with Gasteiger partial charge in [0.1, 0.15) is 18.0 Å². The molecule has 0 spiro atoms. The second kappa shape index (κ2) is 10.1. The Kier molecular flexibility index (Phi) is 3.50. The summed E-state index contributed by atoms with van der Waals surface area (Å²) in [6.45, 7) is -15.0. The minimum absolute atomic E-state index is 0.0206. The Hall–Kier alpha value is -2.68. The van der Waals surface area contributed by atoms with E-state index in [2.05, 4.69) is 15.3 Å². The van der Waals surface area contributed by atoms with Crippen LogP contribution < -0.4 is 14.8 Å². The maximum atomic E-state index is 13.7. The van der Waals surface area contributed by atoms with Crippen molar-refractivity contribution in [3.8, 4) is 11.5 Å². The highest BCUT2D eigenvalue weighted by Gasteiger charge is 2.14. The van der Waals surface area contributed by atoms with Crippen molar-refractivity contribution in [1.82, 2.24) is 14.9 Å². The molecular formula is C22H24ClFN4O3. The number of morpholine rings is 1. The summed E-state index contributed by atoms with van der Waals surface area (Å²) in [5.41, 5.74) is 0.314. The van der Waals surface area contributed by atoms with Crippen molar-refractivity contribution in [2.75, 3.05) is 51.6 Å². The summed E-state index contributed by atoms with van der Waals surface area (Å²) < 4.78 is 134. The number of rotatable bonds is 8. The molecule has 9 heteroatoms. The van der Waals surface area contributed by atoms with Crippen molar-refractivity contribution in [3.63, 3.8) is 0 Å². The summed E-state index contributed by atoms with van der Waals surface area (Å²) in [5, 5.41) is 2.70. The molecule has 0 aliphatic carbocycles. The number of benzene rings is 2. The molecule has 3 aromatic rings. The van der Waals surface area contributed by atoms with Crippen LogP contribution in [0.2, 0.25) is 5.02 Å². The largest absolute Gasteiger partial charge is 0.493 e. The van der Waals surface area contributed by atoms with E-state index in [0.717, 1.165) is 24.5 Å². The fourth-order valence-corrected chi connectivity index (χ4v) is 2.75. The van der Waals surface area contributed by atoms with Gasteiger partial charge in [0.05, 0.1) is 46.9 Å². The van der Waals surface area contributed by atoms with E-state index >= 15 is 0 Å². The normalized spacial score (nSPS) is 32.0. The third-order valence-corrected chi connectivity index (χ3v) is 4.28. The number of halogens is 2. The number of nitrogens with one attached hydrogen (secondary N) is 1. The van der Waals surface area contributed by atoms with Crippen molar-refractivity contribution in [2.24, 2.45) is 0 Å². The van der Waals surface area contributed by atoms with Crippen molar-refractivity contribution >= 4 is 34.0 Å². The number of nitrogens with zero attached hydrogens (tertiary/aromatic N) is 3. The van der Waals surface area contributed by atoms with Gasteiger partial charge in [-0.2, -0.15) is 0 Å². The zero-order valence-electron chi connectivity index (χ0n) is 28.6. The first kappa shape index (κ1) is 10.8. The number of anilines is 2. The Morgan fingerprint density at radius 1 is 1.29 bits per heavy atom. The van der Waals surface area contributed by atoms with E-state index in [9.17, 15) is 4.39 Å². The number of hydrogen-bond donors (Lipinski definition) is 1. The molecule has 2 heterocycles. The van der Waals surface area contributed by atoms with Crippen LogP contribution in [0.15, 0.2) is 36.7 Å². The van der Waals surface area contributed by atoms with Gasteiger partial charge in [0.25, 0.3) is 0 Å². The van der Waals surface area contributed by atoms with E-state index in [4.69, 9.17) is 43.6 Å². The van der Waals surface area contributed by atoms with Gasteiger partial charge in [-0.15, -0.1) is 0 Å². The maximum absolute atomic E-state index is 13.7. The molecule has 0 radical (unpaired) electrons. The van der Waals surface area contributed by atoms with Gasteiger partial charge in [-0.1, -0.05) is 11.6 Å². The molecule has 4 unspecified atom stereocenters. The summed E-state index contributed by atoms with van der Waals surface area (Å²) in [7, 11) is -3.11. The molecule has 4 atom stereocenters. The molecule has 1 N–H and O–H groups in total. The van der Waals surface area contributed by atoms with Crippen LogP contribution in [0.1, 0.15) is 24.2 Å². The van der Waals surface area contributed by atoms with Gasteiger partial charge >= 0.3 is 0 Å². The highest BCUT2D eigenvalue weighted by molar-refractivity contribution is 6.31. The smallest absolute Gasteiger partial charge is 0.162 e. The van der Waals surface area contributed by atoms with E-state index in [1.165, 1.54) is 12.1 Å². The molecule has 164 valence electrons. The fraction of sp³-hybridized carbons (Fsp3) is 0.364. The average Bonchev–Trinajstić information content (AvgIpc) is 2.89. The highest BCUT2D eigenvalue weighted by Crippen LogP contribution is 2.35. The molecule has 4 rings (SSSR count). The maximum Gasteiger partial charge on any atom is 0.162 e. The fourth-order valence-electron chi connectivity index (χ4n) is 2.57. The summed E-state index contributed by atoms with van der Waals surface area (Å²) in [5.74, 6) is -2.03. The van der Waals surface area contributed by atoms with E-state index in [0.29, 0.717) is 0 Å². The lowest BCUT2D eigenvalue weighted by molar-refractivity contribution is 0.0357. The lowest BCUT2D eigenvalue weighted by Gasteiger charge is -2.26. The Morgan fingerprint density at radius 3 is 2.97 bits per heavy atom. The zero-order chi connectivity index (χ0) is 33.0. The van der Waals surface area contributed by atoms with Crippen LogP contribution in [0.4, 0.5) is 15.9 Å².